The zero-order valence-corrected chi connectivity index (χ0v) is 19.0. The SMILES string of the molecule is COc1ccc(C(C(=O)S)[C@@H](NC(=O)OCc2ccccc2)c2ccccc2C(F)(F)F)cc1. The van der Waals surface area contributed by atoms with Crippen molar-refractivity contribution in [3.05, 3.63) is 101 Å². The molecule has 178 valence electrons. The molecule has 1 N–H and O–H groups in total. The fourth-order valence-corrected chi connectivity index (χ4v) is 3.85. The van der Waals surface area contributed by atoms with E-state index in [1.807, 2.05) is 0 Å². The standard InChI is InChI=1S/C25H22F3NO4S/c1-32-18-13-11-17(12-14-18)21(23(30)34)22(19-9-5-6-10-20(19)25(26,27)28)29-24(31)33-15-16-7-3-2-4-8-16/h2-14,21-22H,15H2,1H3,(H,29,31)(H,30,34)/t21?,22-/m0/s1. The second kappa shape index (κ2) is 11.1. The van der Waals surface area contributed by atoms with Gasteiger partial charge in [0.05, 0.1) is 24.6 Å². The summed E-state index contributed by atoms with van der Waals surface area (Å²) in [5.41, 5.74) is -0.209. The fraction of sp³-hybridized carbons (Fsp3) is 0.200. The normalized spacial score (nSPS) is 13.0. The van der Waals surface area contributed by atoms with E-state index in [1.165, 1.54) is 37.4 Å². The second-order valence-corrected chi connectivity index (χ2v) is 7.80. The predicted octanol–water partition coefficient (Wildman–Crippen LogP) is 5.92. The predicted molar refractivity (Wildman–Crippen MR) is 124 cm³/mol. The van der Waals surface area contributed by atoms with Crippen molar-refractivity contribution in [3.63, 3.8) is 0 Å². The summed E-state index contributed by atoms with van der Waals surface area (Å²) >= 11 is 3.94. The summed E-state index contributed by atoms with van der Waals surface area (Å²) < 4.78 is 51.8. The average Bonchev–Trinajstić information content (AvgIpc) is 2.82. The van der Waals surface area contributed by atoms with Crippen molar-refractivity contribution in [2.24, 2.45) is 0 Å². The lowest BCUT2D eigenvalue weighted by Gasteiger charge is -2.28. The van der Waals surface area contributed by atoms with Gasteiger partial charge < -0.3 is 14.8 Å². The molecular weight excluding hydrogens is 467 g/mol. The zero-order chi connectivity index (χ0) is 24.7. The molecule has 1 unspecified atom stereocenters. The van der Waals surface area contributed by atoms with Crippen molar-refractivity contribution in [2.75, 3.05) is 7.11 Å². The van der Waals surface area contributed by atoms with Crippen LogP contribution in [0.5, 0.6) is 5.75 Å². The number of amides is 1. The molecule has 0 aliphatic heterocycles. The number of benzene rings is 3. The molecule has 0 spiro atoms. The summed E-state index contributed by atoms with van der Waals surface area (Å²) in [5.74, 6) is -0.737. The van der Waals surface area contributed by atoms with E-state index in [2.05, 4.69) is 17.9 Å². The highest BCUT2D eigenvalue weighted by Crippen LogP contribution is 2.40. The molecule has 0 saturated carbocycles. The molecule has 2 atom stereocenters. The Morgan fingerprint density at radius 2 is 1.56 bits per heavy atom. The average molecular weight is 490 g/mol. The molecule has 5 nitrogen and oxygen atoms in total. The highest BCUT2D eigenvalue weighted by atomic mass is 32.1. The van der Waals surface area contributed by atoms with Gasteiger partial charge in [0.2, 0.25) is 0 Å². The van der Waals surface area contributed by atoms with Crippen LogP contribution in [0.1, 0.15) is 34.2 Å². The van der Waals surface area contributed by atoms with Gasteiger partial charge in [-0.1, -0.05) is 60.7 Å². The van der Waals surface area contributed by atoms with Crippen LogP contribution in [0.2, 0.25) is 0 Å². The van der Waals surface area contributed by atoms with Crippen molar-refractivity contribution in [1.29, 1.82) is 0 Å². The number of hydrogen-bond donors (Lipinski definition) is 2. The van der Waals surface area contributed by atoms with Crippen LogP contribution in [0, 0.1) is 0 Å². The Hall–Kier alpha value is -3.46. The number of ether oxygens (including phenoxy) is 2. The van der Waals surface area contributed by atoms with Crippen molar-refractivity contribution in [3.8, 4) is 5.75 Å². The van der Waals surface area contributed by atoms with Crippen LogP contribution in [0.3, 0.4) is 0 Å². The van der Waals surface area contributed by atoms with Crippen LogP contribution in [0.4, 0.5) is 18.0 Å². The number of halogens is 3. The van der Waals surface area contributed by atoms with Crippen molar-refractivity contribution in [2.45, 2.75) is 24.7 Å². The molecule has 0 aliphatic rings. The Morgan fingerprint density at radius 1 is 0.941 bits per heavy atom. The minimum atomic E-state index is -4.71. The third kappa shape index (κ3) is 6.32. The van der Waals surface area contributed by atoms with E-state index in [0.717, 1.165) is 6.07 Å². The first-order valence-corrected chi connectivity index (χ1v) is 10.7. The Morgan fingerprint density at radius 3 is 2.15 bits per heavy atom. The number of nitrogens with one attached hydrogen (secondary N) is 1. The van der Waals surface area contributed by atoms with Crippen LogP contribution >= 0.6 is 12.6 Å². The number of thiol groups is 1. The number of hydrogen-bond acceptors (Lipinski definition) is 4. The maximum Gasteiger partial charge on any atom is 0.416 e. The molecule has 0 fully saturated rings. The van der Waals surface area contributed by atoms with E-state index in [4.69, 9.17) is 9.47 Å². The summed E-state index contributed by atoms with van der Waals surface area (Å²) in [7, 11) is 1.46. The molecule has 0 aromatic heterocycles. The molecule has 0 radical (unpaired) electrons. The number of alkyl carbamates (subject to hydrolysis) is 1. The van der Waals surface area contributed by atoms with E-state index in [-0.39, 0.29) is 12.2 Å². The van der Waals surface area contributed by atoms with Crippen LogP contribution in [0.15, 0.2) is 78.9 Å². The summed E-state index contributed by atoms with van der Waals surface area (Å²) in [6.45, 7) is -0.0949. The maximum absolute atomic E-state index is 13.8. The van der Waals surface area contributed by atoms with Gasteiger partial charge in [-0.05, 0) is 34.9 Å². The fourth-order valence-electron chi connectivity index (χ4n) is 3.55. The van der Waals surface area contributed by atoms with E-state index in [9.17, 15) is 22.8 Å². The zero-order valence-electron chi connectivity index (χ0n) is 18.1. The van der Waals surface area contributed by atoms with Gasteiger partial charge in [-0.25, -0.2) is 4.79 Å². The first kappa shape index (κ1) is 25.2. The molecule has 3 rings (SSSR count). The maximum atomic E-state index is 13.8. The summed E-state index contributed by atoms with van der Waals surface area (Å²) in [4.78, 5) is 25.2. The monoisotopic (exact) mass is 489 g/mol. The second-order valence-electron chi connectivity index (χ2n) is 7.36. The molecule has 1 amide bonds. The molecule has 0 heterocycles. The van der Waals surface area contributed by atoms with E-state index < -0.39 is 34.9 Å². The van der Waals surface area contributed by atoms with Gasteiger partial charge in [0.1, 0.15) is 12.4 Å². The van der Waals surface area contributed by atoms with E-state index in [1.54, 1.807) is 42.5 Å². The van der Waals surface area contributed by atoms with Crippen molar-refractivity contribution < 1.29 is 32.2 Å². The summed E-state index contributed by atoms with van der Waals surface area (Å²) in [6, 6.07) is 18.4. The van der Waals surface area contributed by atoms with Crippen molar-refractivity contribution >= 4 is 23.8 Å². The minimum Gasteiger partial charge on any atom is -0.497 e. The topological polar surface area (TPSA) is 64.6 Å². The van der Waals surface area contributed by atoms with Crippen molar-refractivity contribution in [1.82, 2.24) is 5.32 Å². The Bertz CT molecular complexity index is 1120. The molecule has 0 bridgehead atoms. The third-order valence-electron chi connectivity index (χ3n) is 5.16. The number of carbonyl (C=O) groups excluding carboxylic acids is 2. The highest BCUT2D eigenvalue weighted by molar-refractivity contribution is 7.96. The van der Waals surface area contributed by atoms with E-state index >= 15 is 0 Å². The molecule has 3 aromatic carbocycles. The number of alkyl halides is 3. The van der Waals surface area contributed by atoms with Crippen LogP contribution < -0.4 is 10.1 Å². The van der Waals surface area contributed by atoms with Gasteiger partial charge in [0.25, 0.3) is 0 Å². The van der Waals surface area contributed by atoms with Crippen LogP contribution in [-0.2, 0) is 22.3 Å². The van der Waals surface area contributed by atoms with Gasteiger partial charge in [-0.2, -0.15) is 13.2 Å². The summed E-state index contributed by atoms with van der Waals surface area (Å²) in [5, 5.41) is 1.74. The summed E-state index contributed by atoms with van der Waals surface area (Å²) in [6.07, 6.45) is -5.69. The van der Waals surface area contributed by atoms with Crippen LogP contribution in [-0.4, -0.2) is 18.3 Å². The quantitative estimate of drug-likeness (QED) is 0.386. The lowest BCUT2D eigenvalue weighted by Crippen LogP contribution is -2.36. The largest absolute Gasteiger partial charge is 0.497 e. The Labute approximate surface area is 200 Å². The molecule has 0 aliphatic carbocycles. The smallest absolute Gasteiger partial charge is 0.416 e. The number of rotatable bonds is 8. The van der Waals surface area contributed by atoms with Gasteiger partial charge >= 0.3 is 12.3 Å². The molecule has 3 aromatic rings. The first-order valence-electron chi connectivity index (χ1n) is 10.2. The van der Waals surface area contributed by atoms with Gasteiger partial charge in [0.15, 0.2) is 5.12 Å². The minimum absolute atomic E-state index is 0.0949. The third-order valence-corrected chi connectivity index (χ3v) is 5.44. The first-order chi connectivity index (χ1) is 16.2. The molecule has 9 heteroatoms. The van der Waals surface area contributed by atoms with Gasteiger partial charge in [-0.15, -0.1) is 12.6 Å². The van der Waals surface area contributed by atoms with E-state index in [0.29, 0.717) is 16.9 Å². The lowest BCUT2D eigenvalue weighted by atomic mass is 9.85. The number of methoxy groups -OCH3 is 1. The van der Waals surface area contributed by atoms with Gasteiger partial charge in [0, 0.05) is 0 Å². The molecule has 0 saturated heterocycles. The Kier molecular flexibility index (Phi) is 8.22. The number of carbonyl (C=O) groups is 2. The molecular formula is C25H22F3NO4S. The Balaban J connectivity index is 2.00. The lowest BCUT2D eigenvalue weighted by molar-refractivity contribution is -0.138. The van der Waals surface area contributed by atoms with Crippen LogP contribution in [0.25, 0.3) is 0 Å². The van der Waals surface area contributed by atoms with Gasteiger partial charge in [-0.3, -0.25) is 4.79 Å². The highest BCUT2D eigenvalue weighted by Gasteiger charge is 2.39. The molecule has 34 heavy (non-hydrogen) atoms.